The number of carbonyl (C=O) groups excluding carboxylic acids is 1. The van der Waals surface area contributed by atoms with Crippen LogP contribution in [0, 0.1) is 5.82 Å². The molecule has 1 N–H and O–H groups in total. The predicted octanol–water partition coefficient (Wildman–Crippen LogP) is 1.74. The second-order valence-corrected chi connectivity index (χ2v) is 5.52. The van der Waals surface area contributed by atoms with Gasteiger partial charge in [0, 0.05) is 31.7 Å². The quantitative estimate of drug-likeness (QED) is 0.920. The average molecular weight is 294 g/mol. The third-order valence-corrected chi connectivity index (χ3v) is 3.91. The molecule has 21 heavy (non-hydrogen) atoms. The van der Waals surface area contributed by atoms with E-state index in [4.69, 9.17) is 0 Å². The van der Waals surface area contributed by atoms with Crippen LogP contribution in [0.15, 0.2) is 24.3 Å². The van der Waals surface area contributed by atoms with E-state index in [2.05, 4.69) is 4.90 Å². The lowest BCUT2D eigenvalue weighted by atomic mass is 10.2. The zero-order valence-corrected chi connectivity index (χ0v) is 12.5. The van der Waals surface area contributed by atoms with E-state index < -0.39 is 0 Å². The first-order chi connectivity index (χ1) is 10.1. The molecule has 0 aliphatic carbocycles. The first-order valence-electron chi connectivity index (χ1n) is 7.55. The van der Waals surface area contributed by atoms with Crippen LogP contribution in [0.25, 0.3) is 0 Å². The van der Waals surface area contributed by atoms with Crippen LogP contribution in [0.1, 0.15) is 30.1 Å². The highest BCUT2D eigenvalue weighted by molar-refractivity contribution is 5.94. The minimum atomic E-state index is -0.331. The number of nitrogens with zero attached hydrogens (tertiary/aromatic N) is 2. The molecule has 2 rings (SSSR count). The Morgan fingerprint density at radius 1 is 1.24 bits per heavy atom. The summed E-state index contributed by atoms with van der Waals surface area (Å²) in [5.41, 5.74) is 0.526. The molecule has 1 amide bonds. The van der Waals surface area contributed by atoms with Crippen molar-refractivity contribution in [2.45, 2.75) is 25.9 Å². The van der Waals surface area contributed by atoms with Gasteiger partial charge in [0.05, 0.1) is 6.10 Å². The summed E-state index contributed by atoms with van der Waals surface area (Å²) in [6.07, 6.45) is 1.34. The number of rotatable bonds is 4. The minimum absolute atomic E-state index is 0.0483. The second kappa shape index (κ2) is 7.52. The van der Waals surface area contributed by atoms with E-state index >= 15 is 0 Å². The summed E-state index contributed by atoms with van der Waals surface area (Å²) in [7, 11) is 0. The van der Waals surface area contributed by atoms with Crippen LogP contribution in [0.3, 0.4) is 0 Å². The minimum Gasteiger partial charge on any atom is -0.392 e. The molecule has 1 atom stereocenters. The molecule has 1 aliphatic heterocycles. The molecule has 116 valence electrons. The van der Waals surface area contributed by atoms with Gasteiger partial charge in [0.2, 0.25) is 0 Å². The molecular weight excluding hydrogens is 271 g/mol. The van der Waals surface area contributed by atoms with Crippen LogP contribution in [0.4, 0.5) is 4.39 Å². The van der Waals surface area contributed by atoms with Crippen molar-refractivity contribution in [1.29, 1.82) is 0 Å². The van der Waals surface area contributed by atoms with Crippen LogP contribution in [0.2, 0.25) is 0 Å². The molecule has 0 aromatic heterocycles. The Bertz CT molecular complexity index is 464. The van der Waals surface area contributed by atoms with Gasteiger partial charge >= 0.3 is 0 Å². The van der Waals surface area contributed by atoms with Crippen molar-refractivity contribution in [2.24, 2.45) is 0 Å². The fourth-order valence-corrected chi connectivity index (χ4v) is 2.56. The zero-order chi connectivity index (χ0) is 15.2. The maximum atomic E-state index is 12.9. The Balaban J connectivity index is 1.93. The van der Waals surface area contributed by atoms with Gasteiger partial charge in [0.15, 0.2) is 0 Å². The number of aliphatic hydroxyl groups excluding tert-OH is 1. The fourth-order valence-electron chi connectivity index (χ4n) is 2.56. The monoisotopic (exact) mass is 294 g/mol. The number of halogens is 1. The van der Waals surface area contributed by atoms with Gasteiger partial charge in [-0.3, -0.25) is 9.69 Å². The van der Waals surface area contributed by atoms with E-state index in [0.717, 1.165) is 25.9 Å². The lowest BCUT2D eigenvalue weighted by molar-refractivity contribution is 0.0754. The number of hydrogen-bond acceptors (Lipinski definition) is 3. The largest absolute Gasteiger partial charge is 0.392 e. The third-order valence-electron chi connectivity index (χ3n) is 3.91. The van der Waals surface area contributed by atoms with Gasteiger partial charge < -0.3 is 10.0 Å². The summed E-state index contributed by atoms with van der Waals surface area (Å²) < 4.78 is 12.9. The second-order valence-electron chi connectivity index (χ2n) is 5.52. The molecule has 1 saturated heterocycles. The maximum Gasteiger partial charge on any atom is 0.253 e. The lowest BCUT2D eigenvalue weighted by Crippen LogP contribution is -2.37. The van der Waals surface area contributed by atoms with Crippen molar-refractivity contribution in [3.8, 4) is 0 Å². The van der Waals surface area contributed by atoms with Crippen LogP contribution in [-0.2, 0) is 0 Å². The maximum absolute atomic E-state index is 12.9. The van der Waals surface area contributed by atoms with Crippen LogP contribution >= 0.6 is 0 Å². The Morgan fingerprint density at radius 2 is 1.95 bits per heavy atom. The van der Waals surface area contributed by atoms with Crippen LogP contribution < -0.4 is 0 Å². The molecule has 0 unspecified atom stereocenters. The van der Waals surface area contributed by atoms with E-state index in [-0.39, 0.29) is 17.8 Å². The number of aliphatic hydroxyl groups is 1. The number of β-amino-alcohol motifs (C(OH)–C–C–N with tert-alkyl or cyclic N) is 1. The normalized spacial score (nSPS) is 18.3. The van der Waals surface area contributed by atoms with Crippen LogP contribution in [0.5, 0.6) is 0 Å². The van der Waals surface area contributed by atoms with Gasteiger partial charge in [-0.1, -0.05) is 6.92 Å². The predicted molar refractivity (Wildman–Crippen MR) is 79.7 cm³/mol. The van der Waals surface area contributed by atoms with Gasteiger partial charge in [0.1, 0.15) is 5.82 Å². The summed E-state index contributed by atoms with van der Waals surface area (Å²) in [5.74, 6) is -0.380. The molecule has 1 aliphatic rings. The Kier molecular flexibility index (Phi) is 5.70. The number of amides is 1. The Labute approximate surface area is 125 Å². The van der Waals surface area contributed by atoms with Crippen LogP contribution in [-0.4, -0.2) is 59.6 Å². The number of hydrogen-bond donors (Lipinski definition) is 1. The first kappa shape index (κ1) is 15.9. The summed E-state index contributed by atoms with van der Waals surface area (Å²) >= 11 is 0. The van der Waals surface area contributed by atoms with E-state index in [0.29, 0.717) is 25.2 Å². The Morgan fingerprint density at radius 3 is 2.62 bits per heavy atom. The van der Waals surface area contributed by atoms with Crippen molar-refractivity contribution >= 4 is 5.91 Å². The van der Waals surface area contributed by atoms with Gasteiger partial charge in [-0.2, -0.15) is 0 Å². The highest BCUT2D eigenvalue weighted by Gasteiger charge is 2.21. The highest BCUT2D eigenvalue weighted by atomic mass is 19.1. The van der Waals surface area contributed by atoms with Crippen molar-refractivity contribution in [1.82, 2.24) is 9.80 Å². The topological polar surface area (TPSA) is 43.8 Å². The number of benzene rings is 1. The van der Waals surface area contributed by atoms with Crippen molar-refractivity contribution in [3.63, 3.8) is 0 Å². The molecule has 5 heteroatoms. The van der Waals surface area contributed by atoms with E-state index in [1.54, 1.807) is 0 Å². The zero-order valence-electron chi connectivity index (χ0n) is 12.5. The molecule has 1 heterocycles. The standard InChI is InChI=1S/C16H23FN2O2/c1-2-15(20)12-18-8-3-9-19(11-10-18)16(21)13-4-6-14(17)7-5-13/h4-7,15,20H,2-3,8-12H2,1H3/t15-/m1/s1. The van der Waals surface area contributed by atoms with Gasteiger partial charge in [-0.15, -0.1) is 0 Å². The van der Waals surface area contributed by atoms with Gasteiger partial charge in [-0.25, -0.2) is 4.39 Å². The fraction of sp³-hybridized carbons (Fsp3) is 0.562. The lowest BCUT2D eigenvalue weighted by Gasteiger charge is -2.23. The molecule has 0 radical (unpaired) electrons. The van der Waals surface area contributed by atoms with Gasteiger partial charge in [0.25, 0.3) is 5.91 Å². The van der Waals surface area contributed by atoms with E-state index in [9.17, 15) is 14.3 Å². The first-order valence-corrected chi connectivity index (χ1v) is 7.55. The molecule has 4 nitrogen and oxygen atoms in total. The highest BCUT2D eigenvalue weighted by Crippen LogP contribution is 2.11. The SMILES string of the molecule is CC[C@@H](O)CN1CCCN(C(=O)c2ccc(F)cc2)CC1. The smallest absolute Gasteiger partial charge is 0.253 e. The average Bonchev–Trinajstić information content (AvgIpc) is 2.73. The third kappa shape index (κ3) is 4.51. The summed E-state index contributed by atoms with van der Waals surface area (Å²) in [4.78, 5) is 16.4. The Hall–Kier alpha value is -1.46. The van der Waals surface area contributed by atoms with Crippen molar-refractivity contribution in [3.05, 3.63) is 35.6 Å². The summed E-state index contributed by atoms with van der Waals surface area (Å²) in [6.45, 7) is 5.64. The molecule has 1 fully saturated rings. The molecule has 0 bridgehead atoms. The van der Waals surface area contributed by atoms with E-state index in [1.807, 2.05) is 11.8 Å². The summed E-state index contributed by atoms with van der Waals surface area (Å²) in [6, 6.07) is 5.69. The van der Waals surface area contributed by atoms with Crippen molar-refractivity contribution < 1.29 is 14.3 Å². The summed E-state index contributed by atoms with van der Waals surface area (Å²) in [5, 5.41) is 9.72. The molecule has 1 aromatic carbocycles. The molecule has 0 spiro atoms. The number of carbonyl (C=O) groups is 1. The molecule has 1 aromatic rings. The molecular formula is C16H23FN2O2. The van der Waals surface area contributed by atoms with Crippen molar-refractivity contribution in [2.75, 3.05) is 32.7 Å². The molecule has 0 saturated carbocycles. The van der Waals surface area contributed by atoms with Gasteiger partial charge in [-0.05, 0) is 43.7 Å². The van der Waals surface area contributed by atoms with E-state index in [1.165, 1.54) is 24.3 Å².